The Labute approximate surface area is 80.3 Å². The second-order valence-electron chi connectivity index (χ2n) is 2.67. The molecule has 0 unspecified atom stereocenters. The highest BCUT2D eigenvalue weighted by molar-refractivity contribution is 5.97. The molecule has 0 bridgehead atoms. The quantitative estimate of drug-likeness (QED) is 0.523. The van der Waals surface area contributed by atoms with E-state index in [1.54, 1.807) is 0 Å². The van der Waals surface area contributed by atoms with Crippen LogP contribution >= 0.6 is 0 Å². The minimum absolute atomic E-state index is 0.0991. The van der Waals surface area contributed by atoms with E-state index in [1.165, 1.54) is 26.3 Å². The highest BCUT2D eigenvalue weighted by atomic mass is 16.5. The van der Waals surface area contributed by atoms with Gasteiger partial charge in [-0.1, -0.05) is 0 Å². The number of Topliss-reactive ketones (excluding diaryl/α,β-unsaturated/α-hetero) is 1. The van der Waals surface area contributed by atoms with Gasteiger partial charge in [-0.15, -0.1) is 0 Å². The van der Waals surface area contributed by atoms with Crippen molar-refractivity contribution in [3.05, 3.63) is 23.5 Å². The molecule has 0 saturated carbocycles. The van der Waals surface area contributed by atoms with Crippen molar-refractivity contribution in [2.75, 3.05) is 7.11 Å². The Hall–Kier alpha value is -1.91. The summed E-state index contributed by atoms with van der Waals surface area (Å²) in [5.41, 5.74) is 0.402. The molecule has 0 fully saturated rings. The highest BCUT2D eigenvalue weighted by Gasteiger charge is 2.13. The fourth-order valence-electron chi connectivity index (χ4n) is 1.02. The number of carbonyl (C=O) groups excluding carboxylic acids is 3. The zero-order valence-corrected chi connectivity index (χ0v) is 7.81. The van der Waals surface area contributed by atoms with E-state index in [0.29, 0.717) is 11.8 Å². The Bertz CT molecular complexity index is 392. The molecular weight excluding hydrogens is 186 g/mol. The predicted molar refractivity (Wildman–Crippen MR) is 47.6 cm³/mol. The third-order valence-electron chi connectivity index (χ3n) is 1.75. The molecule has 0 aromatic carbocycles. The van der Waals surface area contributed by atoms with E-state index in [9.17, 15) is 14.4 Å². The second kappa shape index (κ2) is 3.87. The molecular formula is C9H9NO4. The van der Waals surface area contributed by atoms with E-state index >= 15 is 0 Å². The SMILES string of the molecule is COC(=O)n1cc(C(C)=O)cc1C=O. The highest BCUT2D eigenvalue weighted by Crippen LogP contribution is 2.08. The van der Waals surface area contributed by atoms with E-state index < -0.39 is 6.09 Å². The summed E-state index contributed by atoms with van der Waals surface area (Å²) in [4.78, 5) is 32.6. The Morgan fingerprint density at radius 2 is 2.14 bits per heavy atom. The van der Waals surface area contributed by atoms with Gasteiger partial charge in [0.05, 0.1) is 12.8 Å². The standard InChI is InChI=1S/C9H9NO4/c1-6(12)7-3-8(5-11)10(4-7)9(13)14-2/h3-5H,1-2H3. The molecule has 74 valence electrons. The summed E-state index contributed by atoms with van der Waals surface area (Å²) < 4.78 is 5.42. The van der Waals surface area contributed by atoms with E-state index in [2.05, 4.69) is 4.74 Å². The lowest BCUT2D eigenvalue weighted by Gasteiger charge is -1.99. The number of carbonyl (C=O) groups is 3. The first-order chi connectivity index (χ1) is 6.60. The van der Waals surface area contributed by atoms with Crippen molar-refractivity contribution in [2.45, 2.75) is 6.92 Å². The number of hydrogen-bond donors (Lipinski definition) is 0. The molecule has 0 aliphatic rings. The molecule has 5 heteroatoms. The van der Waals surface area contributed by atoms with Crippen LogP contribution in [0.25, 0.3) is 0 Å². The van der Waals surface area contributed by atoms with Crippen molar-refractivity contribution in [1.29, 1.82) is 0 Å². The number of ether oxygens (including phenoxy) is 1. The summed E-state index contributed by atoms with van der Waals surface area (Å²) in [6.07, 6.45) is 1.07. The predicted octanol–water partition coefficient (Wildman–Crippen LogP) is 1.12. The monoisotopic (exact) mass is 195 g/mol. The summed E-state index contributed by atoms with van der Waals surface area (Å²) >= 11 is 0. The Morgan fingerprint density at radius 1 is 1.50 bits per heavy atom. The van der Waals surface area contributed by atoms with Gasteiger partial charge in [0.1, 0.15) is 0 Å². The molecule has 0 aliphatic heterocycles. The van der Waals surface area contributed by atoms with Crippen LogP contribution in [0.5, 0.6) is 0 Å². The van der Waals surface area contributed by atoms with Crippen LogP contribution in [0.3, 0.4) is 0 Å². The number of rotatable bonds is 2. The average molecular weight is 195 g/mol. The number of aromatic nitrogens is 1. The average Bonchev–Trinajstić information content (AvgIpc) is 2.60. The van der Waals surface area contributed by atoms with Crippen LogP contribution in [0.15, 0.2) is 12.3 Å². The third-order valence-corrected chi connectivity index (χ3v) is 1.75. The minimum atomic E-state index is -0.695. The van der Waals surface area contributed by atoms with E-state index in [1.807, 2.05) is 0 Å². The van der Waals surface area contributed by atoms with Crippen molar-refractivity contribution in [2.24, 2.45) is 0 Å². The summed E-state index contributed by atoms with van der Waals surface area (Å²) in [7, 11) is 1.20. The zero-order valence-electron chi connectivity index (χ0n) is 7.81. The topological polar surface area (TPSA) is 65.4 Å². The van der Waals surface area contributed by atoms with E-state index in [4.69, 9.17) is 0 Å². The third kappa shape index (κ3) is 1.71. The van der Waals surface area contributed by atoms with Gasteiger partial charge < -0.3 is 4.74 Å². The van der Waals surface area contributed by atoms with Crippen molar-refractivity contribution in [3.63, 3.8) is 0 Å². The number of nitrogens with zero attached hydrogens (tertiary/aromatic N) is 1. The van der Waals surface area contributed by atoms with E-state index in [-0.39, 0.29) is 11.5 Å². The molecule has 0 saturated heterocycles. The summed E-state index contributed by atoms with van der Waals surface area (Å²) in [6.45, 7) is 1.35. The summed E-state index contributed by atoms with van der Waals surface area (Å²) in [6, 6.07) is 1.34. The second-order valence-corrected chi connectivity index (χ2v) is 2.67. The first kappa shape index (κ1) is 10.2. The Kier molecular flexibility index (Phi) is 2.81. The van der Waals surface area contributed by atoms with Gasteiger partial charge in [-0.05, 0) is 13.0 Å². The minimum Gasteiger partial charge on any atom is -0.452 e. The van der Waals surface area contributed by atoms with Crippen molar-refractivity contribution in [1.82, 2.24) is 4.57 Å². The van der Waals surface area contributed by atoms with Gasteiger partial charge in [0.25, 0.3) is 0 Å². The molecule has 0 atom stereocenters. The molecule has 0 N–H and O–H groups in total. The zero-order chi connectivity index (χ0) is 10.7. The number of hydrogen-bond acceptors (Lipinski definition) is 4. The van der Waals surface area contributed by atoms with Crippen molar-refractivity contribution >= 4 is 18.2 Å². The van der Waals surface area contributed by atoms with Crippen molar-refractivity contribution in [3.8, 4) is 0 Å². The molecule has 1 aromatic heterocycles. The maximum Gasteiger partial charge on any atom is 0.418 e. The number of methoxy groups -OCH3 is 1. The van der Waals surface area contributed by atoms with Crippen LogP contribution in [0.2, 0.25) is 0 Å². The van der Waals surface area contributed by atoms with Crippen LogP contribution in [-0.2, 0) is 4.74 Å². The molecule has 0 spiro atoms. The molecule has 0 aliphatic carbocycles. The fraction of sp³-hybridized carbons (Fsp3) is 0.222. The van der Waals surface area contributed by atoms with Crippen LogP contribution in [0.1, 0.15) is 27.8 Å². The molecule has 0 amide bonds. The Morgan fingerprint density at radius 3 is 2.57 bits per heavy atom. The number of aldehydes is 1. The smallest absolute Gasteiger partial charge is 0.418 e. The van der Waals surface area contributed by atoms with Gasteiger partial charge in [0.15, 0.2) is 12.1 Å². The molecule has 1 aromatic rings. The van der Waals surface area contributed by atoms with Gasteiger partial charge >= 0.3 is 6.09 Å². The normalized spacial score (nSPS) is 9.57. The van der Waals surface area contributed by atoms with Crippen LogP contribution in [-0.4, -0.2) is 29.8 Å². The van der Waals surface area contributed by atoms with Gasteiger partial charge in [0.2, 0.25) is 0 Å². The first-order valence-corrected chi connectivity index (χ1v) is 3.87. The van der Waals surface area contributed by atoms with Gasteiger partial charge in [-0.25, -0.2) is 9.36 Å². The van der Waals surface area contributed by atoms with Gasteiger partial charge in [-0.3, -0.25) is 9.59 Å². The van der Waals surface area contributed by atoms with Crippen LogP contribution in [0.4, 0.5) is 4.79 Å². The molecule has 14 heavy (non-hydrogen) atoms. The number of ketones is 1. The summed E-state index contributed by atoms with van der Waals surface area (Å²) in [5, 5.41) is 0. The Balaban J connectivity index is 3.21. The van der Waals surface area contributed by atoms with Gasteiger partial charge in [0, 0.05) is 11.8 Å². The fourth-order valence-corrected chi connectivity index (χ4v) is 1.02. The largest absolute Gasteiger partial charge is 0.452 e. The molecule has 1 heterocycles. The summed E-state index contributed by atoms with van der Waals surface area (Å²) in [5.74, 6) is -0.212. The van der Waals surface area contributed by atoms with Crippen LogP contribution in [0, 0.1) is 0 Å². The van der Waals surface area contributed by atoms with E-state index in [0.717, 1.165) is 4.57 Å². The van der Waals surface area contributed by atoms with Crippen LogP contribution < -0.4 is 0 Å². The maximum absolute atomic E-state index is 11.1. The lowest BCUT2D eigenvalue weighted by molar-refractivity contribution is 0.101. The molecule has 0 radical (unpaired) electrons. The van der Waals surface area contributed by atoms with Crippen molar-refractivity contribution < 1.29 is 19.1 Å². The lowest BCUT2D eigenvalue weighted by Crippen LogP contribution is -2.12. The maximum atomic E-state index is 11.1. The molecule has 5 nitrogen and oxygen atoms in total. The first-order valence-electron chi connectivity index (χ1n) is 3.87. The van der Waals surface area contributed by atoms with Gasteiger partial charge in [-0.2, -0.15) is 0 Å². The lowest BCUT2D eigenvalue weighted by atomic mass is 10.2. The molecule has 1 rings (SSSR count).